The lowest BCUT2D eigenvalue weighted by molar-refractivity contribution is 0.0957. The quantitative estimate of drug-likeness (QED) is 0.707. The van der Waals surface area contributed by atoms with Crippen LogP contribution >= 0.6 is 7.14 Å². The summed E-state index contributed by atoms with van der Waals surface area (Å²) in [7, 11) is -3.18. The van der Waals surface area contributed by atoms with Crippen molar-refractivity contribution in [1.29, 1.82) is 0 Å². The largest absolute Gasteiger partial charge is 0.352 e. The molecule has 3 aromatic carbocycles. The van der Waals surface area contributed by atoms with E-state index in [1.54, 1.807) is 6.07 Å². The van der Waals surface area contributed by atoms with Gasteiger partial charge in [0.1, 0.15) is 0 Å². The fraction of sp³-hybridized carbons (Fsp3) is 0.136. The minimum Gasteiger partial charge on any atom is -0.352 e. The zero-order valence-corrected chi connectivity index (χ0v) is 15.9. The maximum absolute atomic E-state index is 14.5. The summed E-state index contributed by atoms with van der Waals surface area (Å²) in [6.45, 7) is 4.35. The third-order valence-electron chi connectivity index (χ3n) is 4.31. The maximum Gasteiger partial charge on any atom is 0.252 e. The molecule has 3 aromatic rings. The molecule has 0 heterocycles. The van der Waals surface area contributed by atoms with Gasteiger partial charge in [0, 0.05) is 22.5 Å². The average molecular weight is 363 g/mol. The van der Waals surface area contributed by atoms with E-state index in [4.69, 9.17) is 0 Å². The van der Waals surface area contributed by atoms with Gasteiger partial charge in [-0.15, -0.1) is 0 Å². The van der Waals surface area contributed by atoms with E-state index in [1.807, 2.05) is 86.6 Å². The summed E-state index contributed by atoms with van der Waals surface area (Å²) in [5.41, 5.74) is 1.44. The summed E-state index contributed by atoms with van der Waals surface area (Å²) in [5, 5.41) is 4.87. The molecule has 3 rings (SSSR count). The van der Waals surface area contributed by atoms with E-state index in [0.29, 0.717) is 17.4 Å². The highest BCUT2D eigenvalue weighted by atomic mass is 31.2. The molecular weight excluding hydrogens is 341 g/mol. The van der Waals surface area contributed by atoms with E-state index in [-0.39, 0.29) is 5.91 Å². The lowest BCUT2D eigenvalue weighted by Crippen LogP contribution is -2.33. The Hall–Kier alpha value is -2.64. The van der Waals surface area contributed by atoms with E-state index < -0.39 is 7.14 Å². The van der Waals surface area contributed by atoms with Crippen molar-refractivity contribution < 1.29 is 9.36 Å². The van der Waals surface area contributed by atoms with Gasteiger partial charge < -0.3 is 9.88 Å². The molecular formula is C22H22NO2P. The molecule has 1 N–H and O–H groups in total. The molecule has 0 aromatic heterocycles. The van der Waals surface area contributed by atoms with Crippen molar-refractivity contribution in [1.82, 2.24) is 5.32 Å². The Labute approximate surface area is 154 Å². The summed E-state index contributed by atoms with van der Waals surface area (Å²) in [6, 6.07) is 24.4. The van der Waals surface area contributed by atoms with Crippen LogP contribution in [0.4, 0.5) is 0 Å². The summed E-state index contributed by atoms with van der Waals surface area (Å²) in [4.78, 5) is 12.7. The minimum absolute atomic E-state index is 0.199. The molecule has 26 heavy (non-hydrogen) atoms. The highest BCUT2D eigenvalue weighted by Crippen LogP contribution is 2.43. The third-order valence-corrected chi connectivity index (χ3v) is 7.41. The first kappa shape index (κ1) is 18.2. The van der Waals surface area contributed by atoms with Crippen LogP contribution in [0, 0.1) is 6.92 Å². The van der Waals surface area contributed by atoms with Crippen LogP contribution < -0.4 is 21.2 Å². The SMILES string of the molecule is CCNC(=O)c1ccc(C)cc1P(=O)(c1ccccc1)c1ccccc1. The maximum atomic E-state index is 14.5. The van der Waals surface area contributed by atoms with Gasteiger partial charge in [-0.3, -0.25) is 4.79 Å². The van der Waals surface area contributed by atoms with E-state index in [0.717, 1.165) is 16.2 Å². The van der Waals surface area contributed by atoms with Gasteiger partial charge in [0.05, 0.1) is 5.56 Å². The fourth-order valence-electron chi connectivity index (χ4n) is 3.05. The Bertz CT molecular complexity index is 909. The molecule has 0 radical (unpaired) electrons. The van der Waals surface area contributed by atoms with Gasteiger partial charge in [-0.05, 0) is 26.0 Å². The monoisotopic (exact) mass is 363 g/mol. The predicted octanol–water partition coefficient (Wildman–Crippen LogP) is 3.38. The number of carbonyl (C=O) groups excluding carboxylic acids is 1. The van der Waals surface area contributed by atoms with Gasteiger partial charge in [-0.2, -0.15) is 0 Å². The van der Waals surface area contributed by atoms with Gasteiger partial charge in [0.15, 0.2) is 7.14 Å². The van der Waals surface area contributed by atoms with Crippen LogP contribution in [-0.4, -0.2) is 12.5 Å². The van der Waals surface area contributed by atoms with E-state index >= 15 is 0 Å². The molecule has 0 aliphatic heterocycles. The van der Waals surface area contributed by atoms with Crippen LogP contribution in [0.1, 0.15) is 22.8 Å². The van der Waals surface area contributed by atoms with Crippen molar-refractivity contribution in [3.05, 3.63) is 90.0 Å². The van der Waals surface area contributed by atoms with Gasteiger partial charge in [0.2, 0.25) is 0 Å². The fourth-order valence-corrected chi connectivity index (χ4v) is 5.99. The molecule has 0 bridgehead atoms. The molecule has 4 heteroatoms. The van der Waals surface area contributed by atoms with Gasteiger partial charge in [-0.1, -0.05) is 72.3 Å². The summed E-state index contributed by atoms with van der Waals surface area (Å²) >= 11 is 0. The van der Waals surface area contributed by atoms with Gasteiger partial charge >= 0.3 is 0 Å². The molecule has 0 saturated heterocycles. The summed E-state index contributed by atoms with van der Waals surface area (Å²) in [6.07, 6.45) is 0. The first-order chi connectivity index (χ1) is 12.6. The molecule has 0 spiro atoms. The summed E-state index contributed by atoms with van der Waals surface area (Å²) in [5.74, 6) is -0.199. The van der Waals surface area contributed by atoms with Gasteiger partial charge in [0.25, 0.3) is 5.91 Å². The highest BCUT2D eigenvalue weighted by molar-refractivity contribution is 7.85. The van der Waals surface area contributed by atoms with Crippen LogP contribution in [0.25, 0.3) is 0 Å². The Kier molecular flexibility index (Phi) is 5.39. The van der Waals surface area contributed by atoms with E-state index in [2.05, 4.69) is 5.32 Å². The van der Waals surface area contributed by atoms with E-state index in [9.17, 15) is 9.36 Å². The average Bonchev–Trinajstić information content (AvgIpc) is 2.69. The zero-order valence-electron chi connectivity index (χ0n) is 15.0. The second-order valence-corrected chi connectivity index (χ2v) is 8.89. The van der Waals surface area contributed by atoms with Crippen molar-refractivity contribution in [2.75, 3.05) is 6.54 Å². The molecule has 0 aliphatic rings. The van der Waals surface area contributed by atoms with Gasteiger partial charge in [-0.25, -0.2) is 0 Å². The van der Waals surface area contributed by atoms with Crippen molar-refractivity contribution in [2.24, 2.45) is 0 Å². The normalized spacial score (nSPS) is 11.2. The third kappa shape index (κ3) is 3.36. The number of aryl methyl sites for hydroxylation is 1. The van der Waals surface area contributed by atoms with E-state index in [1.165, 1.54) is 0 Å². The molecule has 0 atom stereocenters. The smallest absolute Gasteiger partial charge is 0.252 e. The van der Waals surface area contributed by atoms with Crippen molar-refractivity contribution in [2.45, 2.75) is 13.8 Å². The second-order valence-electron chi connectivity index (χ2n) is 6.16. The highest BCUT2D eigenvalue weighted by Gasteiger charge is 2.33. The standard InChI is InChI=1S/C22H22NO2P/c1-3-23-22(24)20-15-14-17(2)16-21(20)26(25,18-10-6-4-7-11-18)19-12-8-5-9-13-19/h4-16H,3H2,1-2H3,(H,23,24). The molecule has 0 fully saturated rings. The van der Waals surface area contributed by atoms with Crippen molar-refractivity contribution in [3.63, 3.8) is 0 Å². The van der Waals surface area contributed by atoms with Crippen LogP contribution in [0.2, 0.25) is 0 Å². The molecule has 3 nitrogen and oxygen atoms in total. The number of carbonyl (C=O) groups is 1. The van der Waals surface area contributed by atoms with Crippen molar-refractivity contribution in [3.8, 4) is 0 Å². The number of nitrogens with one attached hydrogen (secondary N) is 1. The molecule has 0 saturated carbocycles. The zero-order chi connectivity index (χ0) is 18.6. The molecule has 0 aliphatic carbocycles. The minimum atomic E-state index is -3.18. The Morgan fingerprint density at radius 2 is 1.42 bits per heavy atom. The molecule has 132 valence electrons. The topological polar surface area (TPSA) is 46.2 Å². The van der Waals surface area contributed by atoms with Crippen LogP contribution in [0.15, 0.2) is 78.9 Å². The Morgan fingerprint density at radius 3 is 1.92 bits per heavy atom. The second kappa shape index (κ2) is 7.72. The number of benzene rings is 3. The van der Waals surface area contributed by atoms with Crippen LogP contribution in [0.3, 0.4) is 0 Å². The van der Waals surface area contributed by atoms with Crippen LogP contribution in [-0.2, 0) is 4.57 Å². The Balaban J connectivity index is 2.33. The van der Waals surface area contributed by atoms with Crippen molar-refractivity contribution >= 4 is 29.0 Å². The predicted molar refractivity (Wildman–Crippen MR) is 109 cm³/mol. The molecule has 0 unspecified atom stereocenters. The number of hydrogen-bond acceptors (Lipinski definition) is 2. The summed E-state index contributed by atoms with van der Waals surface area (Å²) < 4.78 is 14.5. The molecule has 1 amide bonds. The first-order valence-corrected chi connectivity index (χ1v) is 10.4. The number of rotatable bonds is 5. The van der Waals surface area contributed by atoms with Crippen LogP contribution in [0.5, 0.6) is 0 Å². The lowest BCUT2D eigenvalue weighted by atomic mass is 10.1. The number of amides is 1. The first-order valence-electron chi connectivity index (χ1n) is 8.68. The Morgan fingerprint density at radius 1 is 0.885 bits per heavy atom. The lowest BCUT2D eigenvalue weighted by Gasteiger charge is -2.23. The number of hydrogen-bond donors (Lipinski definition) is 1.